The Kier molecular flexibility index (Phi) is 3.36. The minimum Gasteiger partial charge on any atom is -0.392 e. The summed E-state index contributed by atoms with van der Waals surface area (Å²) in [4.78, 5) is 13.7. The largest absolute Gasteiger partial charge is 0.392 e. The molecule has 2 aliphatic rings. The van der Waals surface area contributed by atoms with Gasteiger partial charge in [0.2, 0.25) is 5.91 Å². The fraction of sp³-hybridized carbons (Fsp3) is 0.833. The van der Waals surface area contributed by atoms with Crippen LogP contribution in [0.4, 0.5) is 0 Å². The number of amides is 1. The Morgan fingerprint density at radius 2 is 2.29 bits per heavy atom. The Bertz CT molecular complexity index is 348. The molecule has 0 aromatic carbocycles. The Balaban J connectivity index is 1.82. The lowest BCUT2D eigenvalue weighted by Crippen LogP contribution is -2.50. The molecule has 1 saturated carbocycles. The molecule has 1 saturated heterocycles. The molecule has 1 heterocycles. The van der Waals surface area contributed by atoms with Gasteiger partial charge in [-0.1, -0.05) is 0 Å². The van der Waals surface area contributed by atoms with Crippen molar-refractivity contribution < 1.29 is 9.90 Å². The highest BCUT2D eigenvalue weighted by Gasteiger charge is 2.43. The van der Waals surface area contributed by atoms with E-state index in [1.54, 1.807) is 6.92 Å². The van der Waals surface area contributed by atoms with Gasteiger partial charge in [0.15, 0.2) is 0 Å². The number of carbonyl (C=O) groups excluding carboxylic acids is 1. The molecule has 2 fully saturated rings. The third kappa shape index (κ3) is 2.96. The van der Waals surface area contributed by atoms with Crippen LogP contribution >= 0.6 is 0 Å². The number of nitrogens with one attached hydrogen (secondary N) is 1. The number of carbonyl (C=O) groups is 1. The molecule has 0 spiro atoms. The Labute approximate surface area is 101 Å². The second-order valence-electron chi connectivity index (χ2n) is 5.31. The molecule has 94 valence electrons. The number of hydrogen-bond donors (Lipinski definition) is 2. The number of likely N-dealkylation sites (tertiary alicyclic amines) is 1. The lowest BCUT2D eigenvalue weighted by molar-refractivity contribution is -0.123. The van der Waals surface area contributed by atoms with E-state index in [0.717, 1.165) is 25.8 Å². The highest BCUT2D eigenvalue weighted by molar-refractivity contribution is 5.79. The van der Waals surface area contributed by atoms with Crippen molar-refractivity contribution in [2.75, 3.05) is 19.6 Å². The van der Waals surface area contributed by atoms with Crippen LogP contribution in [0.1, 0.15) is 26.2 Å². The van der Waals surface area contributed by atoms with Gasteiger partial charge in [0.1, 0.15) is 5.54 Å². The van der Waals surface area contributed by atoms with Crippen molar-refractivity contribution in [1.82, 2.24) is 10.2 Å². The zero-order valence-corrected chi connectivity index (χ0v) is 10.1. The molecular formula is C12H19N3O2. The fourth-order valence-electron chi connectivity index (χ4n) is 2.37. The molecule has 5 heteroatoms. The monoisotopic (exact) mass is 237 g/mol. The first kappa shape index (κ1) is 12.3. The molecule has 2 N–H and O–H groups in total. The third-order valence-electron chi connectivity index (χ3n) is 3.64. The quantitative estimate of drug-likeness (QED) is 0.713. The number of rotatable bonds is 4. The van der Waals surface area contributed by atoms with Crippen LogP contribution in [0.5, 0.6) is 0 Å². The predicted molar refractivity (Wildman–Crippen MR) is 61.9 cm³/mol. The van der Waals surface area contributed by atoms with Gasteiger partial charge in [-0.25, -0.2) is 0 Å². The Hall–Kier alpha value is -1.12. The standard InChI is InChI=1S/C12H19N3O2/c1-12(8-13,9-2-3-9)14-11(17)7-15-5-4-10(16)6-15/h9-10,16H,2-7H2,1H3,(H,14,17). The van der Waals surface area contributed by atoms with Crippen molar-refractivity contribution in [2.24, 2.45) is 5.92 Å². The molecule has 0 aromatic rings. The van der Waals surface area contributed by atoms with Crippen molar-refractivity contribution in [3.05, 3.63) is 0 Å². The molecule has 1 amide bonds. The summed E-state index contributed by atoms with van der Waals surface area (Å²) in [6.07, 6.45) is 2.46. The first-order chi connectivity index (χ1) is 8.03. The zero-order valence-electron chi connectivity index (χ0n) is 10.1. The summed E-state index contributed by atoms with van der Waals surface area (Å²) in [6, 6.07) is 2.21. The summed E-state index contributed by atoms with van der Waals surface area (Å²) >= 11 is 0. The highest BCUT2D eigenvalue weighted by atomic mass is 16.3. The van der Waals surface area contributed by atoms with Gasteiger partial charge in [-0.3, -0.25) is 9.69 Å². The van der Waals surface area contributed by atoms with E-state index in [2.05, 4.69) is 11.4 Å². The molecule has 0 aromatic heterocycles. The Morgan fingerprint density at radius 3 is 2.76 bits per heavy atom. The van der Waals surface area contributed by atoms with Gasteiger partial charge in [0.05, 0.1) is 18.7 Å². The van der Waals surface area contributed by atoms with Crippen molar-refractivity contribution in [2.45, 2.75) is 37.8 Å². The van der Waals surface area contributed by atoms with E-state index in [1.165, 1.54) is 0 Å². The lowest BCUT2D eigenvalue weighted by Gasteiger charge is -2.24. The number of nitriles is 1. The van der Waals surface area contributed by atoms with Crippen LogP contribution in [-0.2, 0) is 4.79 Å². The van der Waals surface area contributed by atoms with Gasteiger partial charge in [0.25, 0.3) is 0 Å². The van der Waals surface area contributed by atoms with Gasteiger partial charge >= 0.3 is 0 Å². The third-order valence-corrected chi connectivity index (χ3v) is 3.64. The minimum absolute atomic E-state index is 0.116. The van der Waals surface area contributed by atoms with Crippen molar-refractivity contribution in [1.29, 1.82) is 5.26 Å². The molecule has 2 atom stereocenters. The SMILES string of the molecule is CC(C#N)(NC(=O)CN1CCC(O)C1)C1CC1. The average Bonchev–Trinajstić information content (AvgIpc) is 3.04. The molecule has 17 heavy (non-hydrogen) atoms. The number of nitrogens with zero attached hydrogens (tertiary/aromatic N) is 2. The molecule has 0 bridgehead atoms. The van der Waals surface area contributed by atoms with E-state index in [0.29, 0.717) is 12.5 Å². The molecule has 5 nitrogen and oxygen atoms in total. The first-order valence-electron chi connectivity index (χ1n) is 6.16. The van der Waals surface area contributed by atoms with E-state index >= 15 is 0 Å². The van der Waals surface area contributed by atoms with E-state index in [4.69, 9.17) is 5.26 Å². The topological polar surface area (TPSA) is 76.4 Å². The minimum atomic E-state index is -0.713. The molecule has 1 aliphatic heterocycles. The van der Waals surface area contributed by atoms with E-state index < -0.39 is 5.54 Å². The van der Waals surface area contributed by atoms with Gasteiger partial charge in [-0.05, 0) is 32.1 Å². The van der Waals surface area contributed by atoms with Crippen LogP contribution in [0.25, 0.3) is 0 Å². The van der Waals surface area contributed by atoms with Crippen molar-refractivity contribution in [3.63, 3.8) is 0 Å². The molecule has 1 aliphatic carbocycles. The maximum absolute atomic E-state index is 11.8. The summed E-state index contributed by atoms with van der Waals surface area (Å²) in [5.74, 6) is 0.190. The van der Waals surface area contributed by atoms with Crippen LogP contribution < -0.4 is 5.32 Å². The summed E-state index contributed by atoms with van der Waals surface area (Å²) in [5.41, 5.74) is -0.713. The van der Waals surface area contributed by atoms with E-state index in [9.17, 15) is 9.90 Å². The lowest BCUT2D eigenvalue weighted by atomic mass is 9.98. The average molecular weight is 237 g/mol. The fourth-order valence-corrected chi connectivity index (χ4v) is 2.37. The van der Waals surface area contributed by atoms with Crippen molar-refractivity contribution >= 4 is 5.91 Å². The summed E-state index contributed by atoms with van der Waals surface area (Å²) in [6.45, 7) is 3.38. The number of hydrogen-bond acceptors (Lipinski definition) is 4. The van der Waals surface area contributed by atoms with Gasteiger partial charge in [-0.15, -0.1) is 0 Å². The first-order valence-corrected chi connectivity index (χ1v) is 6.16. The van der Waals surface area contributed by atoms with Crippen LogP contribution in [0.3, 0.4) is 0 Å². The highest BCUT2D eigenvalue weighted by Crippen LogP contribution is 2.39. The van der Waals surface area contributed by atoms with E-state index in [-0.39, 0.29) is 18.6 Å². The molecule has 2 rings (SSSR count). The van der Waals surface area contributed by atoms with Crippen LogP contribution in [0.2, 0.25) is 0 Å². The predicted octanol–water partition coefficient (Wildman–Crippen LogP) is -0.139. The molecular weight excluding hydrogens is 218 g/mol. The summed E-state index contributed by atoms with van der Waals surface area (Å²) in [5, 5.41) is 21.3. The zero-order chi connectivity index (χ0) is 12.5. The number of aliphatic hydroxyl groups excluding tert-OH is 1. The summed E-state index contributed by atoms with van der Waals surface area (Å²) in [7, 11) is 0. The second kappa shape index (κ2) is 4.63. The van der Waals surface area contributed by atoms with Gasteiger partial charge in [0, 0.05) is 13.1 Å². The summed E-state index contributed by atoms with van der Waals surface area (Å²) < 4.78 is 0. The van der Waals surface area contributed by atoms with Crippen LogP contribution in [-0.4, -0.2) is 47.2 Å². The van der Waals surface area contributed by atoms with Crippen molar-refractivity contribution in [3.8, 4) is 6.07 Å². The van der Waals surface area contributed by atoms with Crippen LogP contribution in [0.15, 0.2) is 0 Å². The van der Waals surface area contributed by atoms with Gasteiger partial charge < -0.3 is 10.4 Å². The normalized spacial score (nSPS) is 28.4. The number of aliphatic hydroxyl groups is 1. The maximum Gasteiger partial charge on any atom is 0.235 e. The van der Waals surface area contributed by atoms with Gasteiger partial charge in [-0.2, -0.15) is 5.26 Å². The Morgan fingerprint density at radius 1 is 1.59 bits per heavy atom. The maximum atomic E-state index is 11.8. The van der Waals surface area contributed by atoms with E-state index in [1.807, 2.05) is 4.90 Å². The molecule has 2 unspecified atom stereocenters. The number of β-amino-alcohol motifs (C(OH)–C–C–N with tert-alkyl or cyclic N) is 1. The molecule has 0 radical (unpaired) electrons. The second-order valence-corrected chi connectivity index (χ2v) is 5.31. The van der Waals surface area contributed by atoms with Crippen LogP contribution in [0, 0.1) is 17.2 Å². The smallest absolute Gasteiger partial charge is 0.235 e.